The summed E-state index contributed by atoms with van der Waals surface area (Å²) in [7, 11) is 0. The van der Waals surface area contributed by atoms with Crippen LogP contribution in [0.5, 0.6) is 11.5 Å². The van der Waals surface area contributed by atoms with E-state index in [1.807, 2.05) is 18.2 Å². The second-order valence-corrected chi connectivity index (χ2v) is 7.67. The zero-order valence-electron chi connectivity index (χ0n) is 14.0. The Morgan fingerprint density at radius 2 is 1.92 bits per heavy atom. The predicted molar refractivity (Wildman–Crippen MR) is 95.8 cm³/mol. The molecule has 1 saturated carbocycles. The summed E-state index contributed by atoms with van der Waals surface area (Å²) in [6, 6.07) is 5.97. The number of thioether (sulfide) groups is 1. The summed E-state index contributed by atoms with van der Waals surface area (Å²) in [6.45, 7) is 1.92. The van der Waals surface area contributed by atoms with Crippen molar-refractivity contribution in [2.24, 2.45) is 5.73 Å². The zero-order valence-corrected chi connectivity index (χ0v) is 14.8. The number of ether oxygens (including phenoxy) is 2. The van der Waals surface area contributed by atoms with Crippen molar-refractivity contribution in [2.45, 2.75) is 49.0 Å². The van der Waals surface area contributed by atoms with E-state index in [0.717, 1.165) is 54.3 Å². The fourth-order valence-corrected chi connectivity index (χ4v) is 4.16. The van der Waals surface area contributed by atoms with Crippen molar-refractivity contribution >= 4 is 17.7 Å². The fraction of sp³-hybridized carbons (Fsp3) is 0.611. The highest BCUT2D eigenvalue weighted by molar-refractivity contribution is 7.99. The lowest BCUT2D eigenvalue weighted by atomic mass is 9.98. The Hall–Kier alpha value is -1.40. The van der Waals surface area contributed by atoms with Crippen LogP contribution in [-0.4, -0.2) is 37.0 Å². The van der Waals surface area contributed by atoms with E-state index in [1.165, 1.54) is 0 Å². The van der Waals surface area contributed by atoms with E-state index in [4.69, 9.17) is 15.2 Å². The number of hydrogen-bond acceptors (Lipinski definition) is 5. The van der Waals surface area contributed by atoms with Crippen LogP contribution in [0.3, 0.4) is 0 Å². The summed E-state index contributed by atoms with van der Waals surface area (Å²) in [5, 5.41) is 3.16. The number of rotatable bonds is 6. The zero-order chi connectivity index (χ0) is 16.8. The molecule has 6 heteroatoms. The van der Waals surface area contributed by atoms with Gasteiger partial charge in [0.25, 0.3) is 0 Å². The number of amides is 1. The molecular formula is C18H26N2O3S. The molecule has 1 amide bonds. The fourth-order valence-electron chi connectivity index (χ4n) is 3.29. The molecule has 0 spiro atoms. The first-order chi connectivity index (χ1) is 11.7. The Kier molecular flexibility index (Phi) is 5.89. The van der Waals surface area contributed by atoms with Crippen LogP contribution in [0.1, 0.15) is 38.5 Å². The minimum atomic E-state index is -0.156. The number of carbonyl (C=O) groups excluding carboxylic acids is 1. The molecular weight excluding hydrogens is 324 g/mol. The second kappa shape index (κ2) is 8.12. The molecule has 3 rings (SSSR count). The smallest absolute Gasteiger partial charge is 0.221 e. The molecule has 0 bridgehead atoms. The molecule has 0 saturated heterocycles. The maximum atomic E-state index is 12.2. The molecule has 1 aromatic rings. The molecule has 2 aliphatic rings. The van der Waals surface area contributed by atoms with Crippen molar-refractivity contribution in [2.75, 3.05) is 25.5 Å². The summed E-state index contributed by atoms with van der Waals surface area (Å²) < 4.78 is 11.3. The highest BCUT2D eigenvalue weighted by Gasteiger charge is 2.33. The molecule has 0 radical (unpaired) electrons. The number of nitrogens with one attached hydrogen (secondary N) is 1. The molecule has 3 N–H and O–H groups in total. The number of benzene rings is 1. The molecule has 1 aromatic carbocycles. The summed E-state index contributed by atoms with van der Waals surface area (Å²) in [6.07, 6.45) is 5.73. The van der Waals surface area contributed by atoms with Gasteiger partial charge in [0, 0.05) is 30.0 Å². The molecule has 1 fully saturated rings. The van der Waals surface area contributed by atoms with E-state index in [2.05, 4.69) is 5.32 Å². The van der Waals surface area contributed by atoms with Gasteiger partial charge in [0.2, 0.25) is 5.91 Å². The Labute approximate surface area is 147 Å². The number of nitrogens with two attached hydrogens (primary N) is 1. The lowest BCUT2D eigenvalue weighted by Crippen LogP contribution is -2.51. The van der Waals surface area contributed by atoms with Crippen LogP contribution in [0.4, 0.5) is 0 Å². The topological polar surface area (TPSA) is 73.6 Å². The monoisotopic (exact) mass is 350 g/mol. The number of carbonyl (C=O) groups is 1. The van der Waals surface area contributed by atoms with Crippen LogP contribution in [0.2, 0.25) is 0 Å². The van der Waals surface area contributed by atoms with Gasteiger partial charge >= 0.3 is 0 Å². The van der Waals surface area contributed by atoms with Gasteiger partial charge in [0.1, 0.15) is 0 Å². The lowest BCUT2D eigenvalue weighted by Gasteiger charge is -2.28. The standard InChI is InChI=1S/C18H26N2O3S/c19-13-18(7-1-2-8-18)20-17(21)6-11-24-14-4-5-15-16(12-14)23-10-3-9-22-15/h4-5,12H,1-3,6-11,13,19H2,(H,20,21). The quantitative estimate of drug-likeness (QED) is 0.772. The molecule has 1 aliphatic heterocycles. The molecule has 24 heavy (non-hydrogen) atoms. The summed E-state index contributed by atoms with van der Waals surface area (Å²) in [5.74, 6) is 2.45. The molecule has 132 valence electrons. The van der Waals surface area contributed by atoms with Gasteiger partial charge in [-0.15, -0.1) is 11.8 Å². The first-order valence-corrected chi connectivity index (χ1v) is 9.73. The summed E-state index contributed by atoms with van der Waals surface area (Å²) in [5.41, 5.74) is 5.71. The highest BCUT2D eigenvalue weighted by atomic mass is 32.2. The van der Waals surface area contributed by atoms with Crippen LogP contribution in [0, 0.1) is 0 Å². The molecule has 5 nitrogen and oxygen atoms in total. The molecule has 0 unspecified atom stereocenters. The summed E-state index contributed by atoms with van der Waals surface area (Å²) >= 11 is 1.67. The van der Waals surface area contributed by atoms with Crippen LogP contribution < -0.4 is 20.5 Å². The van der Waals surface area contributed by atoms with E-state index >= 15 is 0 Å². The van der Waals surface area contributed by atoms with Gasteiger partial charge in [-0.1, -0.05) is 12.8 Å². The minimum Gasteiger partial charge on any atom is -0.490 e. The van der Waals surface area contributed by atoms with Crippen molar-refractivity contribution in [1.29, 1.82) is 0 Å². The largest absolute Gasteiger partial charge is 0.490 e. The summed E-state index contributed by atoms with van der Waals surface area (Å²) in [4.78, 5) is 13.3. The second-order valence-electron chi connectivity index (χ2n) is 6.50. The SMILES string of the molecule is NCC1(NC(=O)CCSc2ccc3c(c2)OCCCO3)CCCC1. The van der Waals surface area contributed by atoms with E-state index < -0.39 is 0 Å². The third-order valence-corrected chi connectivity index (χ3v) is 5.67. The molecule has 1 heterocycles. The van der Waals surface area contributed by atoms with Crippen LogP contribution in [0.15, 0.2) is 23.1 Å². The van der Waals surface area contributed by atoms with E-state index in [9.17, 15) is 4.79 Å². The van der Waals surface area contributed by atoms with Crippen molar-refractivity contribution < 1.29 is 14.3 Å². The third-order valence-electron chi connectivity index (χ3n) is 4.67. The Balaban J connectivity index is 1.47. The van der Waals surface area contributed by atoms with Crippen molar-refractivity contribution in [3.8, 4) is 11.5 Å². The minimum absolute atomic E-state index is 0.101. The van der Waals surface area contributed by atoms with E-state index in [-0.39, 0.29) is 11.4 Å². The first kappa shape index (κ1) is 17.4. The van der Waals surface area contributed by atoms with Crippen LogP contribution in [-0.2, 0) is 4.79 Å². The van der Waals surface area contributed by atoms with Crippen molar-refractivity contribution in [1.82, 2.24) is 5.32 Å². The van der Waals surface area contributed by atoms with E-state index in [0.29, 0.717) is 26.2 Å². The maximum Gasteiger partial charge on any atom is 0.221 e. The van der Waals surface area contributed by atoms with E-state index in [1.54, 1.807) is 11.8 Å². The molecule has 0 atom stereocenters. The first-order valence-electron chi connectivity index (χ1n) is 8.74. The lowest BCUT2D eigenvalue weighted by molar-refractivity contribution is -0.122. The Morgan fingerprint density at radius 3 is 2.67 bits per heavy atom. The van der Waals surface area contributed by atoms with Gasteiger partial charge in [-0.3, -0.25) is 4.79 Å². The molecule has 0 aromatic heterocycles. The van der Waals surface area contributed by atoms with Gasteiger partial charge in [-0.05, 0) is 31.0 Å². The normalized spacial score (nSPS) is 18.9. The Morgan fingerprint density at radius 1 is 1.17 bits per heavy atom. The van der Waals surface area contributed by atoms with Crippen LogP contribution >= 0.6 is 11.8 Å². The van der Waals surface area contributed by atoms with Gasteiger partial charge in [0.15, 0.2) is 11.5 Å². The van der Waals surface area contributed by atoms with Gasteiger partial charge in [-0.25, -0.2) is 0 Å². The number of hydrogen-bond donors (Lipinski definition) is 2. The Bertz CT molecular complexity index is 573. The van der Waals surface area contributed by atoms with Crippen molar-refractivity contribution in [3.63, 3.8) is 0 Å². The average molecular weight is 350 g/mol. The van der Waals surface area contributed by atoms with Gasteiger partial charge in [-0.2, -0.15) is 0 Å². The number of fused-ring (bicyclic) bond motifs is 1. The maximum absolute atomic E-state index is 12.2. The van der Waals surface area contributed by atoms with Gasteiger partial charge in [0.05, 0.1) is 18.8 Å². The van der Waals surface area contributed by atoms with Crippen LogP contribution in [0.25, 0.3) is 0 Å². The predicted octanol–water partition coefficient (Wildman–Crippen LogP) is 2.72. The average Bonchev–Trinajstić information content (AvgIpc) is 2.92. The highest BCUT2D eigenvalue weighted by Crippen LogP contribution is 2.34. The third kappa shape index (κ3) is 4.36. The molecule has 1 aliphatic carbocycles. The van der Waals surface area contributed by atoms with Gasteiger partial charge < -0.3 is 20.5 Å². The van der Waals surface area contributed by atoms with Crippen molar-refractivity contribution in [3.05, 3.63) is 18.2 Å².